The number of amides is 2. The summed E-state index contributed by atoms with van der Waals surface area (Å²) >= 11 is 0. The molecule has 0 unspecified atom stereocenters. The maximum Gasteiger partial charge on any atom is 0.328 e. The number of carbonyl (C=O) groups excluding carboxylic acids is 3. The van der Waals surface area contributed by atoms with Crippen molar-refractivity contribution in [2.45, 2.75) is 19.5 Å². The second-order valence-corrected chi connectivity index (χ2v) is 6.55. The van der Waals surface area contributed by atoms with E-state index in [1.165, 1.54) is 13.0 Å². The lowest BCUT2D eigenvalue weighted by atomic mass is 10.2. The molecule has 3 rings (SSSR count). The molecule has 1 atom stereocenters. The summed E-state index contributed by atoms with van der Waals surface area (Å²) in [4.78, 5) is 35.8. The molecule has 8 nitrogen and oxygen atoms in total. The third-order valence-corrected chi connectivity index (χ3v) is 4.21. The molecule has 0 spiro atoms. The minimum absolute atomic E-state index is 0.178. The van der Waals surface area contributed by atoms with Crippen molar-refractivity contribution in [1.29, 1.82) is 0 Å². The minimum Gasteiger partial charge on any atom is -0.454 e. The van der Waals surface area contributed by atoms with Gasteiger partial charge in [0.1, 0.15) is 6.04 Å². The van der Waals surface area contributed by atoms with Crippen LogP contribution in [0.2, 0.25) is 0 Å². The summed E-state index contributed by atoms with van der Waals surface area (Å²) in [6.07, 6.45) is 2.97. The predicted octanol–water partition coefficient (Wildman–Crippen LogP) is 1.79. The summed E-state index contributed by atoms with van der Waals surface area (Å²) in [6, 6.07) is 13.7. The summed E-state index contributed by atoms with van der Waals surface area (Å²) in [7, 11) is 0. The van der Waals surface area contributed by atoms with Crippen molar-refractivity contribution in [2.75, 3.05) is 13.4 Å². The first-order chi connectivity index (χ1) is 14.5. The average molecular weight is 410 g/mol. The van der Waals surface area contributed by atoms with Gasteiger partial charge in [0, 0.05) is 12.6 Å². The zero-order valence-electron chi connectivity index (χ0n) is 16.4. The lowest BCUT2D eigenvalue weighted by molar-refractivity contribution is -0.151. The Hall–Kier alpha value is -3.81. The highest BCUT2D eigenvalue weighted by molar-refractivity contribution is 5.94. The molecule has 2 aromatic carbocycles. The number of benzene rings is 2. The molecular formula is C22H22N2O6. The van der Waals surface area contributed by atoms with Crippen LogP contribution in [-0.2, 0) is 25.7 Å². The van der Waals surface area contributed by atoms with Crippen LogP contribution in [0.25, 0.3) is 6.08 Å². The Balaban J connectivity index is 1.37. The van der Waals surface area contributed by atoms with E-state index in [0.717, 1.165) is 11.1 Å². The Morgan fingerprint density at radius 3 is 2.67 bits per heavy atom. The van der Waals surface area contributed by atoms with Crippen molar-refractivity contribution in [2.24, 2.45) is 0 Å². The van der Waals surface area contributed by atoms with Crippen LogP contribution in [0.5, 0.6) is 11.5 Å². The van der Waals surface area contributed by atoms with Crippen LogP contribution in [0.3, 0.4) is 0 Å². The Labute approximate surface area is 173 Å². The summed E-state index contributed by atoms with van der Waals surface area (Å²) < 4.78 is 15.5. The van der Waals surface area contributed by atoms with E-state index in [-0.39, 0.29) is 13.3 Å². The van der Waals surface area contributed by atoms with Gasteiger partial charge in [0.05, 0.1) is 0 Å². The molecule has 0 aliphatic carbocycles. The standard InChI is InChI=1S/C22H22N2O6/c1-15(24-20(25)10-8-16-5-3-2-4-6-16)22(27)28-13-21(26)23-12-17-7-9-18-19(11-17)30-14-29-18/h2-11,15H,12-14H2,1H3,(H,23,26)(H,24,25)/b10-8+/t15-/m0/s1. The number of hydrogen-bond donors (Lipinski definition) is 2. The molecule has 30 heavy (non-hydrogen) atoms. The smallest absolute Gasteiger partial charge is 0.328 e. The Morgan fingerprint density at radius 2 is 1.87 bits per heavy atom. The molecule has 0 aromatic heterocycles. The van der Waals surface area contributed by atoms with E-state index in [9.17, 15) is 14.4 Å². The van der Waals surface area contributed by atoms with E-state index in [4.69, 9.17) is 14.2 Å². The molecule has 1 heterocycles. The largest absolute Gasteiger partial charge is 0.454 e. The van der Waals surface area contributed by atoms with Gasteiger partial charge in [-0.2, -0.15) is 0 Å². The fourth-order valence-electron chi connectivity index (χ4n) is 2.62. The zero-order chi connectivity index (χ0) is 21.3. The fourth-order valence-corrected chi connectivity index (χ4v) is 2.62. The highest BCUT2D eigenvalue weighted by Gasteiger charge is 2.18. The van der Waals surface area contributed by atoms with Crippen molar-refractivity contribution in [3.8, 4) is 11.5 Å². The third-order valence-electron chi connectivity index (χ3n) is 4.21. The number of carbonyl (C=O) groups is 3. The molecule has 1 aliphatic rings. The first-order valence-electron chi connectivity index (χ1n) is 9.37. The molecule has 0 bridgehead atoms. The number of hydrogen-bond acceptors (Lipinski definition) is 6. The average Bonchev–Trinajstić information content (AvgIpc) is 3.23. The van der Waals surface area contributed by atoms with Gasteiger partial charge in [0.15, 0.2) is 18.1 Å². The van der Waals surface area contributed by atoms with Gasteiger partial charge in [-0.25, -0.2) is 4.79 Å². The molecule has 0 radical (unpaired) electrons. The number of fused-ring (bicyclic) bond motifs is 1. The summed E-state index contributed by atoms with van der Waals surface area (Å²) in [5.41, 5.74) is 1.69. The Morgan fingerprint density at radius 1 is 1.10 bits per heavy atom. The molecule has 0 saturated heterocycles. The molecule has 0 fully saturated rings. The second kappa shape index (κ2) is 10.1. The molecule has 2 aromatic rings. The fraction of sp³-hybridized carbons (Fsp3) is 0.227. The van der Waals surface area contributed by atoms with Gasteiger partial charge in [0.2, 0.25) is 12.7 Å². The normalized spacial score (nSPS) is 13.0. The number of ether oxygens (including phenoxy) is 3. The predicted molar refractivity (Wildman–Crippen MR) is 108 cm³/mol. The molecule has 156 valence electrons. The maximum absolute atomic E-state index is 12.0. The molecule has 2 N–H and O–H groups in total. The van der Waals surface area contributed by atoms with Crippen molar-refractivity contribution < 1.29 is 28.6 Å². The number of nitrogens with one attached hydrogen (secondary N) is 2. The number of esters is 1. The van der Waals surface area contributed by atoms with Gasteiger partial charge >= 0.3 is 5.97 Å². The van der Waals surface area contributed by atoms with E-state index >= 15 is 0 Å². The minimum atomic E-state index is -0.889. The second-order valence-electron chi connectivity index (χ2n) is 6.55. The van der Waals surface area contributed by atoms with Crippen LogP contribution in [0.15, 0.2) is 54.6 Å². The molecule has 0 saturated carbocycles. The quantitative estimate of drug-likeness (QED) is 0.508. The maximum atomic E-state index is 12.0. The van der Waals surface area contributed by atoms with Gasteiger partial charge in [-0.05, 0) is 36.3 Å². The lowest BCUT2D eigenvalue weighted by Crippen LogP contribution is -2.40. The summed E-state index contributed by atoms with van der Waals surface area (Å²) in [5.74, 6) is -0.304. The van der Waals surface area contributed by atoms with Gasteiger partial charge in [0.25, 0.3) is 5.91 Å². The van der Waals surface area contributed by atoms with Crippen LogP contribution in [0.1, 0.15) is 18.1 Å². The van der Waals surface area contributed by atoms with Crippen LogP contribution in [0.4, 0.5) is 0 Å². The summed E-state index contributed by atoms with van der Waals surface area (Å²) in [5, 5.41) is 5.15. The molecule has 1 aliphatic heterocycles. The van der Waals surface area contributed by atoms with E-state index in [1.807, 2.05) is 30.3 Å². The first kappa shape index (κ1) is 20.9. The Kier molecular flexibility index (Phi) is 7.05. The van der Waals surface area contributed by atoms with Crippen molar-refractivity contribution in [3.63, 3.8) is 0 Å². The summed E-state index contributed by atoms with van der Waals surface area (Å²) in [6.45, 7) is 1.48. The third kappa shape index (κ3) is 6.10. The van der Waals surface area contributed by atoms with Crippen LogP contribution in [0, 0.1) is 0 Å². The van der Waals surface area contributed by atoms with E-state index < -0.39 is 30.4 Å². The zero-order valence-corrected chi connectivity index (χ0v) is 16.4. The molecule has 8 heteroatoms. The van der Waals surface area contributed by atoms with Gasteiger partial charge < -0.3 is 24.8 Å². The number of rotatable bonds is 8. The highest BCUT2D eigenvalue weighted by Crippen LogP contribution is 2.32. The van der Waals surface area contributed by atoms with Gasteiger partial charge in [-0.15, -0.1) is 0 Å². The van der Waals surface area contributed by atoms with Crippen LogP contribution >= 0.6 is 0 Å². The van der Waals surface area contributed by atoms with Crippen LogP contribution in [-0.4, -0.2) is 37.2 Å². The van der Waals surface area contributed by atoms with Crippen molar-refractivity contribution >= 4 is 23.9 Å². The van der Waals surface area contributed by atoms with Gasteiger partial charge in [-0.3, -0.25) is 9.59 Å². The molecule has 2 amide bonds. The van der Waals surface area contributed by atoms with Crippen molar-refractivity contribution in [3.05, 3.63) is 65.7 Å². The highest BCUT2D eigenvalue weighted by atomic mass is 16.7. The Bertz CT molecular complexity index is 942. The van der Waals surface area contributed by atoms with E-state index in [0.29, 0.717) is 11.5 Å². The monoisotopic (exact) mass is 410 g/mol. The van der Waals surface area contributed by atoms with Crippen LogP contribution < -0.4 is 20.1 Å². The van der Waals surface area contributed by atoms with Crippen molar-refractivity contribution in [1.82, 2.24) is 10.6 Å². The lowest BCUT2D eigenvalue weighted by Gasteiger charge is -2.12. The van der Waals surface area contributed by atoms with Gasteiger partial charge in [-0.1, -0.05) is 36.4 Å². The molecular weight excluding hydrogens is 388 g/mol. The van der Waals surface area contributed by atoms with E-state index in [2.05, 4.69) is 10.6 Å². The van der Waals surface area contributed by atoms with E-state index in [1.54, 1.807) is 24.3 Å². The SMILES string of the molecule is C[C@H](NC(=O)/C=C/c1ccccc1)C(=O)OCC(=O)NCc1ccc2c(c1)OCO2. The topological polar surface area (TPSA) is 103 Å². The first-order valence-corrected chi connectivity index (χ1v) is 9.37.